The average Bonchev–Trinajstić information content (AvgIpc) is 3.38. The molecule has 1 aromatic carbocycles. The predicted molar refractivity (Wildman–Crippen MR) is 145 cm³/mol. The molecule has 0 radical (unpaired) electrons. The van der Waals surface area contributed by atoms with E-state index in [4.69, 9.17) is 4.74 Å². The summed E-state index contributed by atoms with van der Waals surface area (Å²) < 4.78 is 21.0. The Morgan fingerprint density at radius 1 is 1.05 bits per heavy atom. The van der Waals surface area contributed by atoms with E-state index in [-0.39, 0.29) is 53.2 Å². The summed E-state index contributed by atoms with van der Waals surface area (Å²) in [6, 6.07) is 6.67. The number of carbonyl (C=O) groups is 4. The van der Waals surface area contributed by atoms with Gasteiger partial charge in [-0.15, -0.1) is 0 Å². The van der Waals surface area contributed by atoms with Crippen molar-refractivity contribution >= 4 is 29.0 Å². The van der Waals surface area contributed by atoms with Crippen LogP contribution < -0.4 is 15.4 Å². The number of benzene rings is 1. The quantitative estimate of drug-likeness (QED) is 0.431. The summed E-state index contributed by atoms with van der Waals surface area (Å²) in [6.07, 6.45) is 6.94. The highest BCUT2D eigenvalue weighted by molar-refractivity contribution is 5.98. The molecule has 1 aliphatic heterocycles. The van der Waals surface area contributed by atoms with Gasteiger partial charge >= 0.3 is 0 Å². The standard InChI is InChI=1S/C30H32FN5O5/c1-2-25(38)30-8-5-29(6-9-30,7-10-30)17-33-28(40)23-13-22(35-26-21(31)15-34-36(23)26)27(39)32-14-18-3-4-24-19(11-18)12-20(37)16-41-24/h3-4,11,13,15H,2,5-10,12,14,16-17H2,1H3,(H,32,39)(H,33,40). The maximum atomic E-state index is 14.5. The maximum Gasteiger partial charge on any atom is 0.270 e. The van der Waals surface area contributed by atoms with Crippen LogP contribution >= 0.6 is 0 Å². The number of aromatic nitrogens is 3. The Bertz CT molecular complexity index is 1560. The van der Waals surface area contributed by atoms with E-state index >= 15 is 0 Å². The highest BCUT2D eigenvalue weighted by Crippen LogP contribution is 2.57. The van der Waals surface area contributed by atoms with Crippen LogP contribution in [-0.4, -0.2) is 51.1 Å². The minimum atomic E-state index is -0.747. The fraction of sp³-hybridized carbons (Fsp3) is 0.467. The van der Waals surface area contributed by atoms with Crippen molar-refractivity contribution in [2.45, 2.75) is 64.8 Å². The van der Waals surface area contributed by atoms with Gasteiger partial charge < -0.3 is 15.4 Å². The minimum absolute atomic E-state index is 0.00650. The lowest BCUT2D eigenvalue weighted by atomic mass is 9.52. The fourth-order valence-electron chi connectivity index (χ4n) is 6.61. The largest absolute Gasteiger partial charge is 0.486 e. The van der Waals surface area contributed by atoms with Gasteiger partial charge in [0, 0.05) is 43.0 Å². The van der Waals surface area contributed by atoms with Gasteiger partial charge in [-0.05, 0) is 61.6 Å². The van der Waals surface area contributed by atoms with Crippen molar-refractivity contribution in [3.8, 4) is 5.75 Å². The van der Waals surface area contributed by atoms with Gasteiger partial charge in [-0.3, -0.25) is 19.2 Å². The van der Waals surface area contributed by atoms with Crippen molar-refractivity contribution in [2.75, 3.05) is 13.2 Å². The van der Waals surface area contributed by atoms with Crippen LogP contribution in [-0.2, 0) is 22.6 Å². The van der Waals surface area contributed by atoms with E-state index in [2.05, 4.69) is 20.7 Å². The normalized spacial score (nSPS) is 23.1. The van der Waals surface area contributed by atoms with Crippen LogP contribution in [0.4, 0.5) is 4.39 Å². The lowest BCUT2D eigenvalue weighted by molar-refractivity contribution is -0.137. The molecule has 7 rings (SSSR count). The predicted octanol–water partition coefficient (Wildman–Crippen LogP) is 3.35. The lowest BCUT2D eigenvalue weighted by Gasteiger charge is -2.52. The number of fused-ring (bicyclic) bond motifs is 5. The molecule has 3 fully saturated rings. The maximum absolute atomic E-state index is 14.5. The van der Waals surface area contributed by atoms with Crippen LogP contribution in [0.15, 0.2) is 30.5 Å². The molecule has 2 bridgehead atoms. The second-order valence-corrected chi connectivity index (χ2v) is 11.6. The van der Waals surface area contributed by atoms with Crippen molar-refractivity contribution < 1.29 is 28.3 Å². The second kappa shape index (κ2) is 10.4. The molecule has 3 aromatic rings. The molecule has 2 N–H and O–H groups in total. The van der Waals surface area contributed by atoms with E-state index in [1.54, 1.807) is 18.2 Å². The highest BCUT2D eigenvalue weighted by atomic mass is 19.1. The van der Waals surface area contributed by atoms with Gasteiger partial charge in [-0.25, -0.2) is 13.9 Å². The van der Waals surface area contributed by atoms with E-state index in [9.17, 15) is 23.6 Å². The average molecular weight is 562 g/mol. The summed E-state index contributed by atoms with van der Waals surface area (Å²) in [6.45, 7) is 2.55. The Morgan fingerprint density at radius 2 is 1.80 bits per heavy atom. The molecular weight excluding hydrogens is 529 g/mol. The van der Waals surface area contributed by atoms with E-state index in [1.807, 2.05) is 6.92 Å². The molecule has 0 saturated heterocycles. The number of hydrogen-bond donors (Lipinski definition) is 2. The number of hydrogen-bond acceptors (Lipinski definition) is 7. The third-order valence-electron chi connectivity index (χ3n) is 9.19. The summed E-state index contributed by atoms with van der Waals surface area (Å²) in [4.78, 5) is 54.8. The number of nitrogens with zero attached hydrogens (tertiary/aromatic N) is 3. The van der Waals surface area contributed by atoms with Crippen LogP contribution in [0, 0.1) is 16.6 Å². The summed E-state index contributed by atoms with van der Waals surface area (Å²) >= 11 is 0. The lowest BCUT2D eigenvalue weighted by Crippen LogP contribution is -2.50. The number of carbonyl (C=O) groups excluding carboxylic acids is 4. The molecule has 0 atom stereocenters. The molecule has 2 amide bonds. The van der Waals surface area contributed by atoms with Crippen LogP contribution in [0.1, 0.15) is 84.0 Å². The Kier molecular flexibility index (Phi) is 6.83. The number of ether oxygens (including phenoxy) is 1. The molecule has 10 nitrogen and oxygen atoms in total. The first-order chi connectivity index (χ1) is 19.7. The van der Waals surface area contributed by atoms with E-state index < -0.39 is 17.6 Å². The van der Waals surface area contributed by atoms with Crippen LogP contribution in [0.3, 0.4) is 0 Å². The van der Waals surface area contributed by atoms with Crippen molar-refractivity contribution in [3.05, 3.63) is 58.8 Å². The summed E-state index contributed by atoms with van der Waals surface area (Å²) in [5.74, 6) is -0.832. The van der Waals surface area contributed by atoms with Gasteiger partial charge in [0.1, 0.15) is 29.5 Å². The second-order valence-electron chi connectivity index (χ2n) is 11.6. The van der Waals surface area contributed by atoms with Gasteiger partial charge in [-0.2, -0.15) is 5.10 Å². The third-order valence-corrected chi connectivity index (χ3v) is 9.19. The molecule has 2 aromatic heterocycles. The highest BCUT2D eigenvalue weighted by Gasteiger charge is 2.51. The number of rotatable bonds is 8. The first kappa shape index (κ1) is 27.0. The molecule has 4 aliphatic rings. The van der Waals surface area contributed by atoms with E-state index in [1.165, 1.54) is 6.07 Å². The zero-order valence-corrected chi connectivity index (χ0v) is 22.9. The van der Waals surface area contributed by atoms with E-state index in [0.29, 0.717) is 24.5 Å². The van der Waals surface area contributed by atoms with Crippen molar-refractivity contribution in [3.63, 3.8) is 0 Å². The number of Topliss-reactive ketones (excluding diaryl/α,β-unsaturated/α-hetero) is 2. The van der Waals surface area contributed by atoms with Gasteiger partial charge in [-0.1, -0.05) is 13.0 Å². The molecule has 3 saturated carbocycles. The number of nitrogens with one attached hydrogen (secondary N) is 2. The minimum Gasteiger partial charge on any atom is -0.486 e. The third kappa shape index (κ3) is 4.98. The Balaban J connectivity index is 1.16. The fourth-order valence-corrected chi connectivity index (χ4v) is 6.61. The zero-order chi connectivity index (χ0) is 28.8. The topological polar surface area (TPSA) is 132 Å². The molecule has 0 unspecified atom stereocenters. The van der Waals surface area contributed by atoms with Crippen LogP contribution in [0.2, 0.25) is 0 Å². The van der Waals surface area contributed by atoms with Gasteiger partial charge in [0.15, 0.2) is 17.2 Å². The van der Waals surface area contributed by atoms with Gasteiger partial charge in [0.25, 0.3) is 11.8 Å². The Morgan fingerprint density at radius 3 is 2.54 bits per heavy atom. The van der Waals surface area contributed by atoms with E-state index in [0.717, 1.165) is 60.4 Å². The Labute approximate surface area is 236 Å². The molecule has 214 valence electrons. The first-order valence-electron chi connectivity index (χ1n) is 14.1. The molecular formula is C30H32FN5O5. The van der Waals surface area contributed by atoms with Gasteiger partial charge in [0.2, 0.25) is 0 Å². The smallest absolute Gasteiger partial charge is 0.270 e. The van der Waals surface area contributed by atoms with Crippen molar-refractivity contribution in [2.24, 2.45) is 10.8 Å². The molecule has 3 heterocycles. The molecule has 11 heteroatoms. The molecule has 41 heavy (non-hydrogen) atoms. The Hall–Kier alpha value is -4.15. The van der Waals surface area contributed by atoms with Crippen molar-refractivity contribution in [1.82, 2.24) is 25.2 Å². The number of amides is 2. The SMILES string of the molecule is CCC(=O)C12CCC(CNC(=O)c3cc(C(=O)NCc4ccc5c(c4)CC(=O)CO5)nc4c(F)cnn34)(CC1)CC2. The summed E-state index contributed by atoms with van der Waals surface area (Å²) in [7, 11) is 0. The molecule has 3 aliphatic carbocycles. The monoisotopic (exact) mass is 561 g/mol. The van der Waals surface area contributed by atoms with Crippen LogP contribution in [0.25, 0.3) is 5.65 Å². The summed E-state index contributed by atoms with van der Waals surface area (Å²) in [5.41, 5.74) is 0.916. The molecule has 0 spiro atoms. The van der Waals surface area contributed by atoms with Crippen LogP contribution in [0.5, 0.6) is 5.75 Å². The summed E-state index contributed by atoms with van der Waals surface area (Å²) in [5, 5.41) is 9.72. The zero-order valence-electron chi connectivity index (χ0n) is 22.9. The van der Waals surface area contributed by atoms with Crippen molar-refractivity contribution in [1.29, 1.82) is 0 Å². The number of halogens is 1. The first-order valence-corrected chi connectivity index (χ1v) is 14.1. The number of ketones is 2. The van der Waals surface area contributed by atoms with Gasteiger partial charge in [0.05, 0.1) is 6.20 Å².